The molecule has 0 aliphatic carbocycles. The summed E-state index contributed by atoms with van der Waals surface area (Å²) >= 11 is 0. The second kappa shape index (κ2) is 6.81. The predicted molar refractivity (Wildman–Crippen MR) is 95.0 cm³/mol. The number of hydrogen-bond donors (Lipinski definition) is 0. The van der Waals surface area contributed by atoms with E-state index in [4.69, 9.17) is 0 Å². The summed E-state index contributed by atoms with van der Waals surface area (Å²) in [5.74, 6) is -0.143. The maximum atomic E-state index is 13.0. The van der Waals surface area contributed by atoms with Gasteiger partial charge in [-0.2, -0.15) is 0 Å². The number of anilines is 2. The van der Waals surface area contributed by atoms with Gasteiger partial charge in [0.2, 0.25) is 0 Å². The lowest BCUT2D eigenvalue weighted by atomic mass is 10.2. The lowest BCUT2D eigenvalue weighted by molar-refractivity contribution is 0.595. The smallest absolute Gasteiger partial charge is 0.180 e. The molecule has 128 valence electrons. The lowest BCUT2D eigenvalue weighted by Crippen LogP contribution is -2.47. The number of rotatable bonds is 4. The predicted octanol–water partition coefficient (Wildman–Crippen LogP) is 2.95. The molecule has 0 unspecified atom stereocenters. The Morgan fingerprint density at radius 3 is 2.12 bits per heavy atom. The molecule has 0 saturated carbocycles. The summed E-state index contributed by atoms with van der Waals surface area (Å²) in [6.45, 7) is 4.66. The number of para-hydroxylation sites is 1. The zero-order valence-corrected chi connectivity index (χ0v) is 14.5. The Balaban J connectivity index is 1.77. The molecule has 6 heteroatoms. The average Bonchev–Trinajstić information content (AvgIpc) is 2.62. The van der Waals surface area contributed by atoms with Crippen molar-refractivity contribution in [2.24, 2.45) is 0 Å². The molecule has 1 aliphatic heterocycles. The second-order valence-corrected chi connectivity index (χ2v) is 8.07. The molecule has 0 radical (unpaired) electrons. The van der Waals surface area contributed by atoms with Crippen molar-refractivity contribution in [1.82, 2.24) is 0 Å². The van der Waals surface area contributed by atoms with Crippen molar-refractivity contribution in [3.8, 4) is 0 Å². The fraction of sp³-hybridized carbons (Fsp3) is 0.333. The van der Waals surface area contributed by atoms with Gasteiger partial charge in [0.1, 0.15) is 5.82 Å². The molecule has 0 atom stereocenters. The highest BCUT2D eigenvalue weighted by Gasteiger charge is 2.23. The van der Waals surface area contributed by atoms with Gasteiger partial charge in [-0.15, -0.1) is 0 Å². The Morgan fingerprint density at radius 2 is 1.50 bits per heavy atom. The summed E-state index contributed by atoms with van der Waals surface area (Å²) in [5.41, 5.74) is 1.77. The van der Waals surface area contributed by atoms with Crippen LogP contribution in [0.25, 0.3) is 0 Å². The molecule has 2 aromatic rings. The number of sulfone groups is 1. The highest BCUT2D eigenvalue weighted by molar-refractivity contribution is 7.91. The maximum Gasteiger partial charge on any atom is 0.180 e. The minimum Gasteiger partial charge on any atom is -0.368 e. The normalized spacial score (nSPS) is 15.6. The van der Waals surface area contributed by atoms with Crippen molar-refractivity contribution in [3.05, 3.63) is 54.3 Å². The van der Waals surface area contributed by atoms with Gasteiger partial charge in [-0.1, -0.05) is 19.1 Å². The van der Waals surface area contributed by atoms with E-state index in [9.17, 15) is 12.8 Å². The van der Waals surface area contributed by atoms with Crippen molar-refractivity contribution in [1.29, 1.82) is 0 Å². The molecule has 0 N–H and O–H groups in total. The van der Waals surface area contributed by atoms with Crippen molar-refractivity contribution >= 4 is 21.2 Å². The molecule has 1 fully saturated rings. The Labute approximate surface area is 142 Å². The molecule has 0 spiro atoms. The van der Waals surface area contributed by atoms with E-state index < -0.39 is 9.84 Å². The van der Waals surface area contributed by atoms with E-state index in [0.717, 1.165) is 37.6 Å². The number of hydrogen-bond acceptors (Lipinski definition) is 4. The van der Waals surface area contributed by atoms with E-state index in [2.05, 4.69) is 9.80 Å². The van der Waals surface area contributed by atoms with Crippen LogP contribution in [0.15, 0.2) is 53.4 Å². The Bertz CT molecular complexity index is 798. The highest BCUT2D eigenvalue weighted by Crippen LogP contribution is 2.28. The van der Waals surface area contributed by atoms with E-state index in [1.165, 1.54) is 12.1 Å². The van der Waals surface area contributed by atoms with Gasteiger partial charge in [-0.25, -0.2) is 12.8 Å². The van der Waals surface area contributed by atoms with Gasteiger partial charge >= 0.3 is 0 Å². The van der Waals surface area contributed by atoms with E-state index in [1.54, 1.807) is 31.2 Å². The van der Waals surface area contributed by atoms with Crippen LogP contribution in [0.1, 0.15) is 6.92 Å². The molecular weight excluding hydrogens is 327 g/mol. The molecule has 3 rings (SSSR count). The number of halogens is 1. The van der Waals surface area contributed by atoms with Gasteiger partial charge in [0, 0.05) is 31.9 Å². The van der Waals surface area contributed by atoms with Gasteiger partial charge in [-0.05, 0) is 36.4 Å². The van der Waals surface area contributed by atoms with E-state index in [1.807, 2.05) is 12.1 Å². The van der Waals surface area contributed by atoms with Gasteiger partial charge in [0.25, 0.3) is 0 Å². The third-order valence-electron chi connectivity index (χ3n) is 4.39. The Hall–Kier alpha value is -2.08. The lowest BCUT2D eigenvalue weighted by Gasteiger charge is -2.38. The second-order valence-electron chi connectivity index (χ2n) is 5.82. The van der Waals surface area contributed by atoms with Crippen LogP contribution in [0, 0.1) is 5.82 Å². The first-order chi connectivity index (χ1) is 11.5. The summed E-state index contributed by atoms with van der Waals surface area (Å²) < 4.78 is 37.7. The first-order valence-corrected chi connectivity index (χ1v) is 9.74. The van der Waals surface area contributed by atoms with Crippen LogP contribution in [0.3, 0.4) is 0 Å². The van der Waals surface area contributed by atoms with Crippen LogP contribution in [0.4, 0.5) is 15.8 Å². The van der Waals surface area contributed by atoms with Crippen molar-refractivity contribution < 1.29 is 12.8 Å². The van der Waals surface area contributed by atoms with E-state index in [0.29, 0.717) is 4.90 Å². The Morgan fingerprint density at radius 1 is 0.917 bits per heavy atom. The number of nitrogens with zero attached hydrogens (tertiary/aromatic N) is 2. The molecular formula is C18H21FN2O2S. The SMILES string of the molecule is CCS(=O)(=O)c1ccccc1N1CCN(c2ccc(F)cc2)CC1. The first-order valence-electron chi connectivity index (χ1n) is 8.08. The fourth-order valence-corrected chi connectivity index (χ4v) is 4.11. The van der Waals surface area contributed by atoms with Gasteiger partial charge < -0.3 is 9.80 Å². The molecule has 24 heavy (non-hydrogen) atoms. The summed E-state index contributed by atoms with van der Waals surface area (Å²) in [4.78, 5) is 4.71. The summed E-state index contributed by atoms with van der Waals surface area (Å²) in [6, 6.07) is 13.7. The third-order valence-corrected chi connectivity index (χ3v) is 6.17. The van der Waals surface area contributed by atoms with Crippen LogP contribution in [-0.4, -0.2) is 40.3 Å². The molecule has 0 aromatic heterocycles. The molecule has 0 amide bonds. The number of piperazine rings is 1. The van der Waals surface area contributed by atoms with Crippen LogP contribution in [0.5, 0.6) is 0 Å². The fourth-order valence-electron chi connectivity index (χ4n) is 2.99. The largest absolute Gasteiger partial charge is 0.368 e. The topological polar surface area (TPSA) is 40.6 Å². The summed E-state index contributed by atoms with van der Waals surface area (Å²) in [5, 5.41) is 0. The molecule has 4 nitrogen and oxygen atoms in total. The molecule has 1 saturated heterocycles. The molecule has 2 aromatic carbocycles. The standard InChI is InChI=1S/C18H21FN2O2S/c1-2-24(22,23)18-6-4-3-5-17(18)21-13-11-20(12-14-21)16-9-7-15(19)8-10-16/h3-10H,2,11-14H2,1H3. The average molecular weight is 348 g/mol. The minimum absolute atomic E-state index is 0.0968. The molecule has 0 bridgehead atoms. The van der Waals surface area contributed by atoms with E-state index >= 15 is 0 Å². The van der Waals surface area contributed by atoms with Gasteiger partial charge in [0.05, 0.1) is 16.3 Å². The van der Waals surface area contributed by atoms with Crippen LogP contribution in [0.2, 0.25) is 0 Å². The number of benzene rings is 2. The minimum atomic E-state index is -3.25. The van der Waals surface area contributed by atoms with Gasteiger partial charge in [0.15, 0.2) is 9.84 Å². The summed E-state index contributed by atoms with van der Waals surface area (Å²) in [7, 11) is -3.25. The van der Waals surface area contributed by atoms with Crippen LogP contribution >= 0.6 is 0 Å². The first kappa shape index (κ1) is 16.8. The summed E-state index contributed by atoms with van der Waals surface area (Å²) in [6.07, 6.45) is 0. The van der Waals surface area contributed by atoms with E-state index in [-0.39, 0.29) is 11.6 Å². The maximum absolute atomic E-state index is 13.0. The zero-order valence-electron chi connectivity index (χ0n) is 13.7. The zero-order chi connectivity index (χ0) is 17.2. The monoisotopic (exact) mass is 348 g/mol. The highest BCUT2D eigenvalue weighted by atomic mass is 32.2. The Kier molecular flexibility index (Phi) is 4.76. The quantitative estimate of drug-likeness (QED) is 0.852. The van der Waals surface area contributed by atoms with Crippen molar-refractivity contribution in [2.75, 3.05) is 41.7 Å². The van der Waals surface area contributed by atoms with Crippen LogP contribution in [-0.2, 0) is 9.84 Å². The van der Waals surface area contributed by atoms with Crippen molar-refractivity contribution in [3.63, 3.8) is 0 Å². The molecule has 1 aliphatic rings. The van der Waals surface area contributed by atoms with Gasteiger partial charge in [-0.3, -0.25) is 0 Å². The van der Waals surface area contributed by atoms with Crippen molar-refractivity contribution in [2.45, 2.75) is 11.8 Å². The third kappa shape index (κ3) is 3.38. The van der Waals surface area contributed by atoms with Crippen LogP contribution < -0.4 is 9.80 Å². The molecule has 1 heterocycles.